The minimum Gasteiger partial charge on any atom is -0.497 e. The van der Waals surface area contributed by atoms with Crippen LogP contribution < -0.4 is 4.74 Å². The number of halogens is 3. The smallest absolute Gasteiger partial charge is 0.417 e. The van der Waals surface area contributed by atoms with Crippen LogP contribution in [0.3, 0.4) is 0 Å². The van der Waals surface area contributed by atoms with Crippen molar-refractivity contribution in [1.82, 2.24) is 14.6 Å². The molecule has 0 fully saturated rings. The topological polar surface area (TPSA) is 39.4 Å². The number of benzene rings is 1. The highest BCUT2D eigenvalue weighted by molar-refractivity contribution is 7.98. The number of thioether (sulfide) groups is 1. The fraction of sp³-hybridized carbons (Fsp3) is 0.200. The lowest BCUT2D eigenvalue weighted by Crippen LogP contribution is -2.06. The van der Waals surface area contributed by atoms with E-state index in [1.165, 1.54) is 22.2 Å². The van der Waals surface area contributed by atoms with E-state index in [0.29, 0.717) is 16.6 Å². The Morgan fingerprint density at radius 3 is 2.74 bits per heavy atom. The molecule has 2 aromatic heterocycles. The third-order valence-electron chi connectivity index (χ3n) is 3.20. The molecule has 0 aliphatic heterocycles. The van der Waals surface area contributed by atoms with Gasteiger partial charge in [-0.15, -0.1) is 10.2 Å². The van der Waals surface area contributed by atoms with Crippen molar-refractivity contribution in [3.05, 3.63) is 53.7 Å². The molecule has 8 heteroatoms. The number of aromatic nitrogens is 3. The maximum Gasteiger partial charge on any atom is 0.417 e. The Morgan fingerprint density at radius 1 is 1.17 bits per heavy atom. The van der Waals surface area contributed by atoms with Gasteiger partial charge in [-0.1, -0.05) is 23.9 Å². The predicted octanol–water partition coefficient (Wildman–Crippen LogP) is 4.05. The molecule has 0 saturated heterocycles. The summed E-state index contributed by atoms with van der Waals surface area (Å²) in [6.45, 7) is 0. The molecule has 23 heavy (non-hydrogen) atoms. The second-order valence-corrected chi connectivity index (χ2v) is 5.71. The first-order chi connectivity index (χ1) is 11.0. The summed E-state index contributed by atoms with van der Waals surface area (Å²) in [6.07, 6.45) is -3.38. The number of pyridine rings is 1. The Morgan fingerprint density at radius 2 is 2.00 bits per heavy atom. The average Bonchev–Trinajstić information content (AvgIpc) is 2.94. The summed E-state index contributed by atoms with van der Waals surface area (Å²) in [5.74, 6) is 1.28. The number of ether oxygens (including phenoxy) is 1. The lowest BCUT2D eigenvalue weighted by Gasteiger charge is -2.07. The molecule has 0 unspecified atom stereocenters. The van der Waals surface area contributed by atoms with Crippen molar-refractivity contribution in [2.24, 2.45) is 0 Å². The number of fused-ring (bicyclic) bond motifs is 1. The van der Waals surface area contributed by atoms with E-state index in [4.69, 9.17) is 4.74 Å². The summed E-state index contributed by atoms with van der Waals surface area (Å²) in [4.78, 5) is 0. The van der Waals surface area contributed by atoms with E-state index >= 15 is 0 Å². The quantitative estimate of drug-likeness (QED) is 0.672. The second kappa shape index (κ2) is 6.11. The van der Waals surface area contributed by atoms with Gasteiger partial charge in [0.05, 0.1) is 12.7 Å². The van der Waals surface area contributed by atoms with Gasteiger partial charge in [0.25, 0.3) is 0 Å². The van der Waals surface area contributed by atoms with E-state index in [-0.39, 0.29) is 0 Å². The first-order valence-electron chi connectivity index (χ1n) is 6.65. The molecule has 120 valence electrons. The Kier molecular flexibility index (Phi) is 4.16. The Labute approximate surface area is 134 Å². The van der Waals surface area contributed by atoms with E-state index in [1.807, 2.05) is 24.3 Å². The van der Waals surface area contributed by atoms with Crippen molar-refractivity contribution in [3.63, 3.8) is 0 Å². The molecule has 4 nitrogen and oxygen atoms in total. The number of nitrogens with zero attached hydrogens (tertiary/aromatic N) is 3. The van der Waals surface area contributed by atoms with Crippen molar-refractivity contribution in [1.29, 1.82) is 0 Å². The Balaban J connectivity index is 1.85. The molecule has 0 radical (unpaired) electrons. The van der Waals surface area contributed by atoms with E-state index < -0.39 is 11.7 Å². The Bertz CT molecular complexity index is 832. The van der Waals surface area contributed by atoms with Gasteiger partial charge in [0, 0.05) is 11.9 Å². The zero-order valence-corrected chi connectivity index (χ0v) is 12.9. The van der Waals surface area contributed by atoms with Gasteiger partial charge in [-0.2, -0.15) is 13.2 Å². The largest absolute Gasteiger partial charge is 0.497 e. The van der Waals surface area contributed by atoms with Gasteiger partial charge in [0.1, 0.15) is 5.75 Å². The minimum absolute atomic E-state index is 0.381. The summed E-state index contributed by atoms with van der Waals surface area (Å²) in [5.41, 5.74) is 0.636. The molecule has 0 bridgehead atoms. The fourth-order valence-corrected chi connectivity index (χ4v) is 2.91. The zero-order valence-electron chi connectivity index (χ0n) is 12.0. The van der Waals surface area contributed by atoms with Crippen molar-refractivity contribution < 1.29 is 17.9 Å². The molecule has 0 amide bonds. The fourth-order valence-electron chi connectivity index (χ4n) is 2.05. The highest BCUT2D eigenvalue weighted by Gasteiger charge is 2.31. The maximum absolute atomic E-state index is 12.8. The summed E-state index contributed by atoms with van der Waals surface area (Å²) in [5, 5.41) is 8.25. The molecule has 1 aromatic carbocycles. The number of alkyl halides is 3. The van der Waals surface area contributed by atoms with Gasteiger partial charge in [-0.25, -0.2) is 0 Å². The molecule has 3 rings (SSSR count). The van der Waals surface area contributed by atoms with Crippen molar-refractivity contribution in [2.75, 3.05) is 7.11 Å². The molecule has 0 aliphatic rings. The normalized spacial score (nSPS) is 11.8. The molecule has 0 spiro atoms. The lowest BCUT2D eigenvalue weighted by molar-refractivity contribution is -0.137. The molecule has 3 aromatic rings. The second-order valence-electron chi connectivity index (χ2n) is 4.77. The van der Waals surface area contributed by atoms with Gasteiger partial charge in [0.2, 0.25) is 0 Å². The van der Waals surface area contributed by atoms with Crippen LogP contribution >= 0.6 is 11.8 Å². The molecule has 0 atom stereocenters. The van der Waals surface area contributed by atoms with Crippen LogP contribution in [0.25, 0.3) is 5.65 Å². The minimum atomic E-state index is -4.40. The molecular formula is C15H12F3N3OS. The van der Waals surface area contributed by atoms with Gasteiger partial charge in [-0.3, -0.25) is 4.40 Å². The third kappa shape index (κ3) is 3.42. The SMILES string of the molecule is COc1cccc(CSc2nnc3ccc(C(F)(F)F)cn23)c1. The van der Waals surface area contributed by atoms with Crippen LogP contribution in [0.15, 0.2) is 47.8 Å². The summed E-state index contributed by atoms with van der Waals surface area (Å²) in [6, 6.07) is 9.79. The molecule has 0 N–H and O–H groups in total. The van der Waals surface area contributed by atoms with Crippen molar-refractivity contribution in [2.45, 2.75) is 17.1 Å². The number of hydrogen-bond donors (Lipinski definition) is 0. The standard InChI is InChI=1S/C15H12F3N3OS/c1-22-12-4-2-3-10(7-12)9-23-14-20-19-13-6-5-11(8-21(13)14)15(16,17)18/h2-8H,9H2,1H3. The van der Waals surface area contributed by atoms with E-state index in [2.05, 4.69) is 10.2 Å². The van der Waals surface area contributed by atoms with Gasteiger partial charge >= 0.3 is 6.18 Å². The lowest BCUT2D eigenvalue weighted by atomic mass is 10.2. The average molecular weight is 339 g/mol. The van der Waals surface area contributed by atoms with Crippen LogP contribution in [0, 0.1) is 0 Å². The van der Waals surface area contributed by atoms with Crippen LogP contribution in [0.5, 0.6) is 5.75 Å². The van der Waals surface area contributed by atoms with Crippen LogP contribution in [0.1, 0.15) is 11.1 Å². The molecule has 0 aliphatic carbocycles. The Hall–Kier alpha value is -2.22. The summed E-state index contributed by atoms with van der Waals surface area (Å²) < 4.78 is 44.9. The number of hydrogen-bond acceptors (Lipinski definition) is 4. The van der Waals surface area contributed by atoms with E-state index in [9.17, 15) is 13.2 Å². The molecule has 0 saturated carbocycles. The first-order valence-corrected chi connectivity index (χ1v) is 7.63. The van der Waals surface area contributed by atoms with E-state index in [1.54, 1.807) is 7.11 Å². The van der Waals surface area contributed by atoms with E-state index in [0.717, 1.165) is 23.6 Å². The highest BCUT2D eigenvalue weighted by Crippen LogP contribution is 2.30. The monoisotopic (exact) mass is 339 g/mol. The number of methoxy groups -OCH3 is 1. The summed E-state index contributed by atoms with van der Waals surface area (Å²) >= 11 is 1.31. The van der Waals surface area contributed by atoms with Crippen LogP contribution in [0.2, 0.25) is 0 Å². The molecule has 2 heterocycles. The van der Waals surface area contributed by atoms with Crippen molar-refractivity contribution in [3.8, 4) is 5.75 Å². The highest BCUT2D eigenvalue weighted by atomic mass is 32.2. The first kappa shape index (κ1) is 15.7. The van der Waals surface area contributed by atoms with Crippen LogP contribution in [-0.2, 0) is 11.9 Å². The van der Waals surface area contributed by atoms with Gasteiger partial charge < -0.3 is 4.74 Å². The zero-order chi connectivity index (χ0) is 16.4. The van der Waals surface area contributed by atoms with Crippen LogP contribution in [-0.4, -0.2) is 21.7 Å². The van der Waals surface area contributed by atoms with Gasteiger partial charge in [0.15, 0.2) is 10.8 Å². The van der Waals surface area contributed by atoms with Crippen LogP contribution in [0.4, 0.5) is 13.2 Å². The summed E-state index contributed by atoms with van der Waals surface area (Å²) in [7, 11) is 1.58. The third-order valence-corrected chi connectivity index (χ3v) is 4.21. The maximum atomic E-state index is 12.8. The predicted molar refractivity (Wildman–Crippen MR) is 80.5 cm³/mol. The number of rotatable bonds is 4. The van der Waals surface area contributed by atoms with Gasteiger partial charge in [-0.05, 0) is 29.8 Å². The van der Waals surface area contributed by atoms with Crippen molar-refractivity contribution >= 4 is 17.4 Å². The molecular weight excluding hydrogens is 327 g/mol.